The van der Waals surface area contributed by atoms with Gasteiger partial charge in [0.25, 0.3) is 5.91 Å². The quantitative estimate of drug-likeness (QED) is 0.448. The van der Waals surface area contributed by atoms with Gasteiger partial charge in [-0.2, -0.15) is 0 Å². The lowest BCUT2D eigenvalue weighted by molar-refractivity contribution is -0.117. The van der Waals surface area contributed by atoms with Crippen LogP contribution in [-0.4, -0.2) is 32.0 Å². The summed E-state index contributed by atoms with van der Waals surface area (Å²) in [5.74, 6) is -0.0888. The summed E-state index contributed by atoms with van der Waals surface area (Å²) in [5.41, 5.74) is 5.36. The van der Waals surface area contributed by atoms with Crippen LogP contribution in [0.1, 0.15) is 47.8 Å². The average Bonchev–Trinajstić information content (AvgIpc) is 2.80. The summed E-state index contributed by atoms with van der Waals surface area (Å²) in [4.78, 5) is 32.2. The SMILES string of the molecule is CC(=O)N(c1ccc(Cl)cc1)C1CC(C)N(C(=O)c2ccc(N(C)C)cc2)c2cc(C)ccc21. The number of rotatable bonds is 4. The summed E-state index contributed by atoms with van der Waals surface area (Å²) in [7, 11) is 3.95. The number of anilines is 3. The van der Waals surface area contributed by atoms with Crippen LogP contribution in [0.15, 0.2) is 66.7 Å². The van der Waals surface area contributed by atoms with Crippen molar-refractivity contribution in [3.8, 4) is 0 Å². The predicted molar refractivity (Wildman–Crippen MR) is 140 cm³/mol. The summed E-state index contributed by atoms with van der Waals surface area (Å²) in [6.07, 6.45) is 0.625. The van der Waals surface area contributed by atoms with Gasteiger partial charge in [-0.05, 0) is 86.0 Å². The lowest BCUT2D eigenvalue weighted by Gasteiger charge is -2.43. The molecule has 0 saturated heterocycles. The second kappa shape index (κ2) is 9.51. The monoisotopic (exact) mass is 475 g/mol. The summed E-state index contributed by atoms with van der Waals surface area (Å²) in [5, 5.41) is 0.623. The molecule has 2 amide bonds. The highest BCUT2D eigenvalue weighted by molar-refractivity contribution is 6.30. The zero-order chi connectivity index (χ0) is 24.6. The fourth-order valence-corrected chi connectivity index (χ4v) is 4.84. The lowest BCUT2D eigenvalue weighted by Crippen LogP contribution is -2.47. The molecule has 0 N–H and O–H groups in total. The van der Waals surface area contributed by atoms with E-state index in [-0.39, 0.29) is 23.9 Å². The third-order valence-corrected chi connectivity index (χ3v) is 6.67. The molecule has 4 rings (SSSR count). The van der Waals surface area contributed by atoms with Crippen LogP contribution >= 0.6 is 11.6 Å². The fraction of sp³-hybridized carbons (Fsp3) is 0.286. The van der Waals surface area contributed by atoms with Gasteiger partial charge in [0.1, 0.15) is 0 Å². The second-order valence-electron chi connectivity index (χ2n) is 9.14. The molecule has 5 nitrogen and oxygen atoms in total. The summed E-state index contributed by atoms with van der Waals surface area (Å²) in [6, 6.07) is 20.8. The van der Waals surface area contributed by atoms with E-state index in [4.69, 9.17) is 11.6 Å². The standard InChI is InChI=1S/C28H30ClN3O2/c1-18-6-15-25-26(16-18)31(28(34)21-7-11-23(12-8-21)30(4)5)19(2)17-27(25)32(20(3)33)24-13-9-22(29)10-14-24/h6-16,19,27H,17H2,1-5H3. The smallest absolute Gasteiger partial charge is 0.258 e. The van der Waals surface area contributed by atoms with Gasteiger partial charge in [-0.15, -0.1) is 0 Å². The van der Waals surface area contributed by atoms with Gasteiger partial charge in [-0.3, -0.25) is 9.59 Å². The number of carbonyl (C=O) groups is 2. The summed E-state index contributed by atoms with van der Waals surface area (Å²) < 4.78 is 0. The van der Waals surface area contributed by atoms with Crippen molar-refractivity contribution < 1.29 is 9.59 Å². The van der Waals surface area contributed by atoms with Crippen molar-refractivity contribution in [2.75, 3.05) is 28.8 Å². The molecule has 0 bridgehead atoms. The van der Waals surface area contributed by atoms with Crippen molar-refractivity contribution >= 4 is 40.5 Å². The number of hydrogen-bond donors (Lipinski definition) is 0. The number of amides is 2. The zero-order valence-electron chi connectivity index (χ0n) is 20.2. The summed E-state index contributed by atoms with van der Waals surface area (Å²) in [6.45, 7) is 5.65. The maximum Gasteiger partial charge on any atom is 0.258 e. The highest BCUT2D eigenvalue weighted by Gasteiger charge is 2.38. The fourth-order valence-electron chi connectivity index (χ4n) is 4.72. The Bertz CT molecular complexity index is 1210. The molecule has 1 aliphatic rings. The van der Waals surface area contributed by atoms with E-state index in [0.717, 1.165) is 28.2 Å². The molecule has 3 aromatic carbocycles. The van der Waals surface area contributed by atoms with Gasteiger partial charge >= 0.3 is 0 Å². The molecule has 2 unspecified atom stereocenters. The van der Waals surface area contributed by atoms with E-state index < -0.39 is 0 Å². The molecule has 0 radical (unpaired) electrons. The number of benzene rings is 3. The number of fused-ring (bicyclic) bond motifs is 1. The molecular formula is C28H30ClN3O2. The minimum absolute atomic E-state index is 0.0380. The first-order valence-electron chi connectivity index (χ1n) is 11.4. The number of nitrogens with zero attached hydrogens (tertiary/aromatic N) is 3. The Morgan fingerprint density at radius 2 is 1.56 bits per heavy atom. The molecule has 6 heteroatoms. The number of halogens is 1. The Hall–Kier alpha value is -3.31. The van der Waals surface area contributed by atoms with Gasteiger partial charge in [-0.1, -0.05) is 23.7 Å². The number of hydrogen-bond acceptors (Lipinski definition) is 3. The van der Waals surface area contributed by atoms with Crippen molar-refractivity contribution in [1.82, 2.24) is 0 Å². The Morgan fingerprint density at radius 3 is 2.15 bits per heavy atom. The Morgan fingerprint density at radius 1 is 0.941 bits per heavy atom. The number of carbonyl (C=O) groups excluding carboxylic acids is 2. The number of aryl methyl sites for hydroxylation is 1. The van der Waals surface area contributed by atoms with Crippen LogP contribution in [0.5, 0.6) is 0 Å². The van der Waals surface area contributed by atoms with Crippen molar-refractivity contribution in [1.29, 1.82) is 0 Å². The van der Waals surface area contributed by atoms with Crippen LogP contribution in [0.4, 0.5) is 17.1 Å². The maximum absolute atomic E-state index is 13.7. The summed E-state index contributed by atoms with van der Waals surface area (Å²) >= 11 is 6.09. The van der Waals surface area contributed by atoms with Gasteiger partial charge in [-0.25, -0.2) is 0 Å². The van der Waals surface area contributed by atoms with Gasteiger partial charge in [0, 0.05) is 54.7 Å². The van der Waals surface area contributed by atoms with Crippen molar-refractivity contribution in [2.24, 2.45) is 0 Å². The molecule has 0 fully saturated rings. The molecule has 0 saturated carbocycles. The molecule has 1 aliphatic heterocycles. The molecule has 176 valence electrons. The first kappa shape index (κ1) is 23.8. The second-order valence-corrected chi connectivity index (χ2v) is 9.58. The molecule has 0 aliphatic carbocycles. The van der Waals surface area contributed by atoms with Crippen LogP contribution in [0.2, 0.25) is 5.02 Å². The van der Waals surface area contributed by atoms with E-state index in [9.17, 15) is 9.59 Å². The van der Waals surface area contributed by atoms with E-state index in [1.165, 1.54) is 0 Å². The van der Waals surface area contributed by atoms with Crippen molar-refractivity contribution in [2.45, 2.75) is 39.3 Å². The predicted octanol–water partition coefficient (Wildman–Crippen LogP) is 6.25. The largest absolute Gasteiger partial charge is 0.378 e. The van der Waals surface area contributed by atoms with Gasteiger partial charge in [0.15, 0.2) is 0 Å². The highest BCUT2D eigenvalue weighted by atomic mass is 35.5. The van der Waals surface area contributed by atoms with E-state index >= 15 is 0 Å². The third kappa shape index (κ3) is 4.53. The average molecular weight is 476 g/mol. The molecule has 2 atom stereocenters. The first-order valence-corrected chi connectivity index (χ1v) is 11.8. The molecule has 0 aromatic heterocycles. The molecule has 1 heterocycles. The van der Waals surface area contributed by atoms with Crippen LogP contribution in [0.25, 0.3) is 0 Å². The third-order valence-electron chi connectivity index (χ3n) is 6.41. The van der Waals surface area contributed by atoms with E-state index in [1.807, 2.05) is 97.2 Å². The normalized spacial score (nSPS) is 17.2. The maximum atomic E-state index is 13.7. The minimum Gasteiger partial charge on any atom is -0.378 e. The van der Waals surface area contributed by atoms with Gasteiger partial charge in [0.05, 0.1) is 6.04 Å². The first-order chi connectivity index (χ1) is 16.2. The Balaban J connectivity index is 1.77. The molecule has 34 heavy (non-hydrogen) atoms. The van der Waals surface area contributed by atoms with Gasteiger partial charge in [0.2, 0.25) is 5.91 Å². The highest BCUT2D eigenvalue weighted by Crippen LogP contribution is 2.43. The minimum atomic E-state index is -0.190. The van der Waals surface area contributed by atoms with Crippen LogP contribution < -0.4 is 14.7 Å². The van der Waals surface area contributed by atoms with E-state index in [1.54, 1.807) is 19.1 Å². The zero-order valence-corrected chi connectivity index (χ0v) is 21.0. The Labute approximate surface area is 206 Å². The van der Waals surface area contributed by atoms with Gasteiger partial charge < -0.3 is 14.7 Å². The molecule has 0 spiro atoms. The van der Waals surface area contributed by atoms with Crippen molar-refractivity contribution in [3.05, 3.63) is 88.4 Å². The molecule has 3 aromatic rings. The Kier molecular flexibility index (Phi) is 6.67. The van der Waals surface area contributed by atoms with Crippen LogP contribution in [-0.2, 0) is 4.79 Å². The van der Waals surface area contributed by atoms with E-state index in [0.29, 0.717) is 17.0 Å². The van der Waals surface area contributed by atoms with Crippen LogP contribution in [0, 0.1) is 6.92 Å². The lowest BCUT2D eigenvalue weighted by atomic mass is 9.88. The molecular weight excluding hydrogens is 446 g/mol. The van der Waals surface area contributed by atoms with Crippen molar-refractivity contribution in [3.63, 3.8) is 0 Å². The van der Waals surface area contributed by atoms with E-state index in [2.05, 4.69) is 0 Å². The van der Waals surface area contributed by atoms with Crippen LogP contribution in [0.3, 0.4) is 0 Å². The topological polar surface area (TPSA) is 43.9 Å².